The van der Waals surface area contributed by atoms with Crippen LogP contribution in [0.1, 0.15) is 56.6 Å². The summed E-state index contributed by atoms with van der Waals surface area (Å²) in [6, 6.07) is 2.83. The number of carboxylic acids is 3. The lowest BCUT2D eigenvalue weighted by Gasteiger charge is -2.51. The monoisotopic (exact) mass is 510 g/mol. The van der Waals surface area contributed by atoms with Gasteiger partial charge in [-0.05, 0) is 56.7 Å². The second-order valence-electron chi connectivity index (χ2n) is 10.2. The number of likely N-dealkylation sites (tertiary alicyclic amines) is 2. The van der Waals surface area contributed by atoms with Gasteiger partial charge in [-0.2, -0.15) is 5.10 Å². The van der Waals surface area contributed by atoms with Crippen molar-refractivity contribution in [1.29, 1.82) is 0 Å². The fourth-order valence-electron chi connectivity index (χ4n) is 5.69. The lowest BCUT2D eigenvalue weighted by Crippen LogP contribution is -2.54. The maximum Gasteiger partial charge on any atom is 0.407 e. The minimum Gasteiger partial charge on any atom is -0.481 e. The largest absolute Gasteiger partial charge is 0.481 e. The van der Waals surface area contributed by atoms with Gasteiger partial charge < -0.3 is 35.3 Å². The average Bonchev–Trinajstić information content (AvgIpc) is 3.39. The van der Waals surface area contributed by atoms with Crippen molar-refractivity contribution in [2.75, 3.05) is 26.2 Å². The van der Waals surface area contributed by atoms with Crippen LogP contribution in [-0.4, -0.2) is 107 Å². The lowest BCUT2D eigenvalue weighted by atomic mass is 9.64. The highest BCUT2D eigenvalue weighted by molar-refractivity contribution is 5.88. The molecule has 36 heavy (non-hydrogen) atoms. The maximum absolute atomic E-state index is 11.1. The van der Waals surface area contributed by atoms with E-state index >= 15 is 0 Å². The predicted molar refractivity (Wildman–Crippen MR) is 124 cm³/mol. The van der Waals surface area contributed by atoms with E-state index < -0.39 is 42.4 Å². The van der Waals surface area contributed by atoms with E-state index in [4.69, 9.17) is 25.5 Å². The van der Waals surface area contributed by atoms with E-state index in [2.05, 4.69) is 16.1 Å². The Labute approximate surface area is 207 Å². The summed E-state index contributed by atoms with van der Waals surface area (Å²) in [5.74, 6) is -4.38. The molecule has 3 heterocycles. The van der Waals surface area contributed by atoms with Crippen molar-refractivity contribution in [3.05, 3.63) is 18.0 Å². The van der Waals surface area contributed by atoms with E-state index in [-0.39, 0.29) is 0 Å². The van der Waals surface area contributed by atoms with Crippen LogP contribution in [0.5, 0.6) is 0 Å². The summed E-state index contributed by atoms with van der Waals surface area (Å²) in [5, 5.41) is 47.2. The molecule has 13 heteroatoms. The van der Waals surface area contributed by atoms with Crippen LogP contribution >= 0.6 is 0 Å². The normalized spacial score (nSPS) is 24.6. The van der Waals surface area contributed by atoms with Gasteiger partial charge >= 0.3 is 24.0 Å². The topological polar surface area (TPSA) is 194 Å². The van der Waals surface area contributed by atoms with Gasteiger partial charge in [-0.3, -0.25) is 14.3 Å². The molecule has 2 saturated heterocycles. The smallest absolute Gasteiger partial charge is 0.407 e. The minimum absolute atomic E-state index is 0.294. The highest BCUT2D eigenvalue weighted by Crippen LogP contribution is 2.50. The number of carbonyl (C=O) groups is 4. The SMILES string of the molecule is Cn1nccc1C1CCN(C2CC3(CCN(C(=O)O)C3)C2)CC1.O=C(O)CC(O)(CC(=O)O)C(=O)O. The second-order valence-corrected chi connectivity index (χ2v) is 10.2. The number of rotatable bonds is 7. The van der Waals surface area contributed by atoms with Crippen LogP contribution in [0, 0.1) is 5.41 Å². The maximum atomic E-state index is 11.1. The summed E-state index contributed by atoms with van der Waals surface area (Å²) in [5.41, 5.74) is -1.08. The summed E-state index contributed by atoms with van der Waals surface area (Å²) in [4.78, 5) is 45.8. The van der Waals surface area contributed by atoms with Gasteiger partial charge in [0.15, 0.2) is 5.60 Å². The van der Waals surface area contributed by atoms with E-state index in [9.17, 15) is 19.2 Å². The van der Waals surface area contributed by atoms with Crippen LogP contribution in [-0.2, 0) is 21.4 Å². The van der Waals surface area contributed by atoms with Gasteiger partial charge in [-0.25, -0.2) is 9.59 Å². The number of hydrogen-bond acceptors (Lipinski definition) is 7. The molecular weight excluding hydrogens is 476 g/mol. The predicted octanol–water partition coefficient (Wildman–Crippen LogP) is 0.884. The Balaban J connectivity index is 0.000000240. The standard InChI is InChI=1S/C17H26N4O2.C6H8O7/c1-19-15(2-6-18-19)13-3-7-20(8-4-13)14-10-17(11-14)5-9-21(12-17)16(22)23;7-3(8)1-6(13,5(11)12)2-4(9)10/h2,6,13-14H,3-5,7-12H2,1H3,(H,22,23);13H,1-2H2,(H,7,8)(H,9,10)(H,11,12). The Morgan fingerprint density at radius 1 is 1.03 bits per heavy atom. The number of piperidine rings is 1. The van der Waals surface area contributed by atoms with Crippen LogP contribution in [0.2, 0.25) is 0 Å². The molecule has 1 aliphatic carbocycles. The number of aryl methyl sites for hydroxylation is 1. The number of aliphatic carboxylic acids is 3. The molecule has 13 nitrogen and oxygen atoms in total. The van der Waals surface area contributed by atoms with Crippen molar-refractivity contribution < 1.29 is 44.7 Å². The molecule has 0 radical (unpaired) electrons. The first-order valence-corrected chi connectivity index (χ1v) is 11.9. The summed E-state index contributed by atoms with van der Waals surface area (Å²) in [6.45, 7) is 3.81. The molecule has 0 unspecified atom stereocenters. The van der Waals surface area contributed by atoms with Gasteiger partial charge in [0, 0.05) is 44.0 Å². The van der Waals surface area contributed by atoms with Gasteiger partial charge in [-0.15, -0.1) is 0 Å². The quantitative estimate of drug-likeness (QED) is 0.349. The molecule has 1 spiro atoms. The highest BCUT2D eigenvalue weighted by atomic mass is 16.4. The van der Waals surface area contributed by atoms with Crippen molar-refractivity contribution in [3.63, 3.8) is 0 Å². The molecule has 1 aromatic heterocycles. The third-order valence-corrected chi connectivity index (χ3v) is 7.65. The van der Waals surface area contributed by atoms with Gasteiger partial charge in [0.05, 0.1) is 12.8 Å². The molecule has 1 saturated carbocycles. The molecule has 1 amide bonds. The average molecular weight is 511 g/mol. The highest BCUT2D eigenvalue weighted by Gasteiger charge is 2.51. The lowest BCUT2D eigenvalue weighted by molar-refractivity contribution is -0.170. The molecule has 200 valence electrons. The van der Waals surface area contributed by atoms with E-state index in [1.807, 2.05) is 17.9 Å². The van der Waals surface area contributed by atoms with Crippen LogP contribution < -0.4 is 0 Å². The fourth-order valence-corrected chi connectivity index (χ4v) is 5.69. The van der Waals surface area contributed by atoms with Gasteiger partial charge in [0.25, 0.3) is 0 Å². The first kappa shape index (κ1) is 27.4. The van der Waals surface area contributed by atoms with Crippen LogP contribution in [0.15, 0.2) is 12.3 Å². The van der Waals surface area contributed by atoms with Crippen molar-refractivity contribution in [2.24, 2.45) is 12.5 Å². The summed E-state index contributed by atoms with van der Waals surface area (Å²) < 4.78 is 2.01. The molecule has 1 aromatic rings. The Bertz CT molecular complexity index is 964. The molecule has 0 aromatic carbocycles. The Morgan fingerprint density at radius 2 is 1.61 bits per heavy atom. The van der Waals surface area contributed by atoms with E-state index in [0.717, 1.165) is 19.5 Å². The summed E-state index contributed by atoms with van der Waals surface area (Å²) >= 11 is 0. The summed E-state index contributed by atoms with van der Waals surface area (Å²) in [6.07, 6.45) is 4.72. The van der Waals surface area contributed by atoms with Crippen molar-refractivity contribution >= 4 is 24.0 Å². The van der Waals surface area contributed by atoms with Crippen LogP contribution in [0.3, 0.4) is 0 Å². The van der Waals surface area contributed by atoms with Crippen molar-refractivity contribution in [1.82, 2.24) is 19.6 Å². The zero-order chi connectivity index (χ0) is 26.7. The Kier molecular flexibility index (Phi) is 8.24. The first-order chi connectivity index (χ1) is 16.8. The summed E-state index contributed by atoms with van der Waals surface area (Å²) in [7, 11) is 2.03. The Morgan fingerprint density at radius 3 is 2.03 bits per heavy atom. The number of carboxylic acid groups (broad SMARTS) is 4. The van der Waals surface area contributed by atoms with Gasteiger partial charge in [-0.1, -0.05) is 0 Å². The molecule has 0 atom stereocenters. The molecular formula is C23H34N4O9. The van der Waals surface area contributed by atoms with Crippen LogP contribution in [0.4, 0.5) is 4.79 Å². The zero-order valence-corrected chi connectivity index (χ0v) is 20.2. The third kappa shape index (κ3) is 6.32. The molecule has 5 N–H and O–H groups in total. The third-order valence-electron chi connectivity index (χ3n) is 7.65. The van der Waals surface area contributed by atoms with E-state index in [1.165, 1.54) is 44.5 Å². The fraction of sp³-hybridized carbons (Fsp3) is 0.696. The number of aromatic nitrogens is 2. The van der Waals surface area contributed by atoms with Crippen molar-refractivity contribution in [3.8, 4) is 0 Å². The van der Waals surface area contributed by atoms with Crippen LogP contribution in [0.25, 0.3) is 0 Å². The molecule has 4 rings (SSSR count). The number of nitrogens with zero attached hydrogens (tertiary/aromatic N) is 4. The number of aliphatic hydroxyl groups is 1. The van der Waals surface area contributed by atoms with Crippen molar-refractivity contribution in [2.45, 2.75) is 62.5 Å². The second kappa shape index (κ2) is 10.8. The van der Waals surface area contributed by atoms with Gasteiger partial charge in [0.1, 0.15) is 0 Å². The first-order valence-electron chi connectivity index (χ1n) is 11.9. The van der Waals surface area contributed by atoms with Gasteiger partial charge in [0.2, 0.25) is 0 Å². The molecule has 3 aliphatic rings. The van der Waals surface area contributed by atoms with E-state index in [1.54, 1.807) is 4.90 Å². The molecule has 2 aliphatic heterocycles. The molecule has 0 bridgehead atoms. The molecule has 3 fully saturated rings. The number of hydrogen-bond donors (Lipinski definition) is 5. The number of amides is 1. The minimum atomic E-state index is -2.74. The zero-order valence-electron chi connectivity index (χ0n) is 20.2. The Hall–Kier alpha value is -3.19. The van der Waals surface area contributed by atoms with E-state index in [0.29, 0.717) is 17.4 Å².